The van der Waals surface area contributed by atoms with E-state index in [0.717, 1.165) is 29.2 Å². The predicted octanol–water partition coefficient (Wildman–Crippen LogP) is 3.11. The van der Waals surface area contributed by atoms with E-state index >= 15 is 0 Å². The van der Waals surface area contributed by atoms with Crippen LogP contribution in [-0.2, 0) is 6.42 Å². The minimum Gasteiger partial charge on any atom is -0.490 e. The van der Waals surface area contributed by atoms with E-state index in [1.165, 1.54) is 11.3 Å². The lowest BCUT2D eigenvalue weighted by Gasteiger charge is -2.12. The number of thiazole rings is 1. The van der Waals surface area contributed by atoms with Gasteiger partial charge in [-0.1, -0.05) is 6.07 Å². The Bertz CT molecular complexity index is 540. The lowest BCUT2D eigenvalue weighted by molar-refractivity contribution is 0.287. The first kappa shape index (κ1) is 13.7. The number of nitrogens with two attached hydrogens (primary N) is 1. The fourth-order valence-electron chi connectivity index (χ4n) is 1.82. The van der Waals surface area contributed by atoms with Crippen LogP contribution in [0, 0.1) is 0 Å². The summed E-state index contributed by atoms with van der Waals surface area (Å²) in [6.07, 6.45) is 0.750. The normalized spacial score (nSPS) is 10.4. The molecule has 1 aromatic carbocycles. The monoisotopic (exact) mass is 278 g/mol. The molecule has 0 saturated heterocycles. The standard InChI is InChI=1S/C14H18N2O2S/c1-3-17-12-6-5-10(8-13(12)18-4-2)7-11-9-19-14(15)16-11/h5-6,8-9H,3-4,7H2,1-2H3,(H2,15,16). The van der Waals surface area contributed by atoms with E-state index in [-0.39, 0.29) is 0 Å². The zero-order valence-electron chi connectivity index (χ0n) is 11.2. The molecule has 0 radical (unpaired) electrons. The molecule has 0 unspecified atom stereocenters. The lowest BCUT2D eigenvalue weighted by Crippen LogP contribution is -1.99. The number of aromatic nitrogens is 1. The third-order valence-electron chi connectivity index (χ3n) is 2.56. The van der Waals surface area contributed by atoms with Crippen LogP contribution in [-0.4, -0.2) is 18.2 Å². The van der Waals surface area contributed by atoms with Gasteiger partial charge >= 0.3 is 0 Å². The van der Waals surface area contributed by atoms with Crippen molar-refractivity contribution in [2.45, 2.75) is 20.3 Å². The van der Waals surface area contributed by atoms with Crippen LogP contribution >= 0.6 is 11.3 Å². The van der Waals surface area contributed by atoms with Crippen LogP contribution in [0.2, 0.25) is 0 Å². The van der Waals surface area contributed by atoms with Crippen molar-refractivity contribution in [3.63, 3.8) is 0 Å². The average molecular weight is 278 g/mol. The second-order valence-electron chi connectivity index (χ2n) is 4.00. The zero-order chi connectivity index (χ0) is 13.7. The molecule has 0 bridgehead atoms. The molecule has 19 heavy (non-hydrogen) atoms. The van der Waals surface area contributed by atoms with Crippen LogP contribution in [0.25, 0.3) is 0 Å². The van der Waals surface area contributed by atoms with Crippen LogP contribution in [0.3, 0.4) is 0 Å². The Kier molecular flexibility index (Phi) is 4.63. The molecule has 1 heterocycles. The van der Waals surface area contributed by atoms with Crippen LogP contribution in [0.15, 0.2) is 23.6 Å². The first-order valence-corrected chi connectivity index (χ1v) is 7.19. The Hall–Kier alpha value is -1.75. The number of nitrogens with zero attached hydrogens (tertiary/aromatic N) is 1. The van der Waals surface area contributed by atoms with Gasteiger partial charge in [0.05, 0.1) is 18.9 Å². The van der Waals surface area contributed by atoms with Crippen molar-refractivity contribution in [3.05, 3.63) is 34.8 Å². The van der Waals surface area contributed by atoms with Gasteiger partial charge in [-0.25, -0.2) is 4.98 Å². The molecule has 4 nitrogen and oxygen atoms in total. The summed E-state index contributed by atoms with van der Waals surface area (Å²) < 4.78 is 11.1. The second kappa shape index (κ2) is 6.43. The molecule has 102 valence electrons. The van der Waals surface area contributed by atoms with Crippen molar-refractivity contribution in [1.29, 1.82) is 0 Å². The topological polar surface area (TPSA) is 57.4 Å². The summed E-state index contributed by atoms with van der Waals surface area (Å²) in [6.45, 7) is 5.17. The minimum absolute atomic E-state index is 0.603. The number of hydrogen-bond donors (Lipinski definition) is 1. The van der Waals surface area contributed by atoms with Crippen LogP contribution in [0.1, 0.15) is 25.1 Å². The fourth-order valence-corrected chi connectivity index (χ4v) is 2.38. The molecular weight excluding hydrogens is 260 g/mol. The molecule has 0 amide bonds. The maximum atomic E-state index is 5.64. The zero-order valence-corrected chi connectivity index (χ0v) is 12.0. The number of nitrogen functional groups attached to an aromatic ring is 1. The van der Waals surface area contributed by atoms with Crippen molar-refractivity contribution < 1.29 is 9.47 Å². The summed E-state index contributed by atoms with van der Waals surface area (Å²) >= 11 is 1.46. The molecule has 0 aliphatic carbocycles. The number of rotatable bonds is 6. The van der Waals surface area contributed by atoms with Gasteiger partial charge in [-0.2, -0.15) is 0 Å². The summed E-state index contributed by atoms with van der Waals surface area (Å²) in [5, 5.41) is 2.58. The van der Waals surface area contributed by atoms with E-state index in [1.807, 2.05) is 37.4 Å². The second-order valence-corrected chi connectivity index (χ2v) is 4.89. The number of benzene rings is 1. The predicted molar refractivity (Wildman–Crippen MR) is 78.1 cm³/mol. The van der Waals surface area contributed by atoms with Gasteiger partial charge in [-0.05, 0) is 31.5 Å². The molecule has 1 aromatic heterocycles. The van der Waals surface area contributed by atoms with Gasteiger partial charge in [0.15, 0.2) is 16.6 Å². The van der Waals surface area contributed by atoms with E-state index in [9.17, 15) is 0 Å². The van der Waals surface area contributed by atoms with E-state index in [2.05, 4.69) is 4.98 Å². The largest absolute Gasteiger partial charge is 0.490 e. The highest BCUT2D eigenvalue weighted by molar-refractivity contribution is 7.13. The quantitative estimate of drug-likeness (QED) is 0.882. The van der Waals surface area contributed by atoms with Gasteiger partial charge in [0.25, 0.3) is 0 Å². The van der Waals surface area contributed by atoms with Crippen molar-refractivity contribution in [2.24, 2.45) is 0 Å². The van der Waals surface area contributed by atoms with Gasteiger partial charge < -0.3 is 15.2 Å². The molecule has 2 N–H and O–H groups in total. The molecule has 2 rings (SSSR count). The van der Waals surface area contributed by atoms with Crippen molar-refractivity contribution >= 4 is 16.5 Å². The molecule has 2 aromatic rings. The van der Waals surface area contributed by atoms with Gasteiger partial charge in [0, 0.05) is 11.8 Å². The Balaban J connectivity index is 2.19. The molecular formula is C14H18N2O2S. The Morgan fingerprint density at radius 2 is 1.89 bits per heavy atom. The Morgan fingerprint density at radius 3 is 2.53 bits per heavy atom. The first-order valence-electron chi connectivity index (χ1n) is 6.31. The van der Waals surface area contributed by atoms with Gasteiger partial charge in [-0.15, -0.1) is 11.3 Å². The van der Waals surface area contributed by atoms with Crippen LogP contribution in [0.5, 0.6) is 11.5 Å². The van der Waals surface area contributed by atoms with E-state index in [0.29, 0.717) is 18.3 Å². The third kappa shape index (κ3) is 3.61. The van der Waals surface area contributed by atoms with Crippen molar-refractivity contribution in [1.82, 2.24) is 4.98 Å². The van der Waals surface area contributed by atoms with Gasteiger partial charge in [0.1, 0.15) is 0 Å². The van der Waals surface area contributed by atoms with Crippen LogP contribution < -0.4 is 15.2 Å². The average Bonchev–Trinajstić information content (AvgIpc) is 2.79. The number of ether oxygens (including phenoxy) is 2. The summed E-state index contributed by atoms with van der Waals surface area (Å²) in [7, 11) is 0. The maximum absolute atomic E-state index is 5.64. The van der Waals surface area contributed by atoms with E-state index in [1.54, 1.807) is 0 Å². The summed E-state index contributed by atoms with van der Waals surface area (Å²) in [6, 6.07) is 5.98. The molecule has 0 spiro atoms. The highest BCUT2D eigenvalue weighted by Gasteiger charge is 2.08. The minimum atomic E-state index is 0.603. The highest BCUT2D eigenvalue weighted by Crippen LogP contribution is 2.29. The summed E-state index contributed by atoms with van der Waals surface area (Å²) in [5.41, 5.74) is 7.75. The number of anilines is 1. The molecule has 5 heteroatoms. The van der Waals surface area contributed by atoms with E-state index in [4.69, 9.17) is 15.2 Å². The van der Waals surface area contributed by atoms with Gasteiger partial charge in [-0.3, -0.25) is 0 Å². The SMILES string of the molecule is CCOc1ccc(Cc2csc(N)n2)cc1OCC. The number of hydrogen-bond acceptors (Lipinski definition) is 5. The van der Waals surface area contributed by atoms with E-state index < -0.39 is 0 Å². The molecule has 0 saturated carbocycles. The fraction of sp³-hybridized carbons (Fsp3) is 0.357. The highest BCUT2D eigenvalue weighted by atomic mass is 32.1. The molecule has 0 aliphatic rings. The summed E-state index contributed by atoms with van der Waals surface area (Å²) in [5.74, 6) is 1.57. The Morgan fingerprint density at radius 1 is 1.16 bits per heavy atom. The third-order valence-corrected chi connectivity index (χ3v) is 3.29. The molecule has 0 aliphatic heterocycles. The van der Waals surface area contributed by atoms with Crippen LogP contribution in [0.4, 0.5) is 5.13 Å². The maximum Gasteiger partial charge on any atom is 0.180 e. The smallest absolute Gasteiger partial charge is 0.180 e. The molecule has 0 fully saturated rings. The lowest BCUT2D eigenvalue weighted by atomic mass is 10.1. The van der Waals surface area contributed by atoms with Crippen molar-refractivity contribution in [3.8, 4) is 11.5 Å². The molecule has 0 atom stereocenters. The first-order chi connectivity index (χ1) is 9.22. The summed E-state index contributed by atoms with van der Waals surface area (Å²) in [4.78, 5) is 4.26. The Labute approximate surface area is 117 Å². The van der Waals surface area contributed by atoms with Gasteiger partial charge in [0.2, 0.25) is 0 Å². The van der Waals surface area contributed by atoms with Crippen molar-refractivity contribution in [2.75, 3.05) is 18.9 Å².